The molecule has 0 N–H and O–H groups in total. The standard InChI is InChI=1S/C13H11N3O3/c1-16-10-4-3-8(7-11(10)19-13(16)17)9-5-6-14-12(15-9)18-2/h3-7H,1-2H3. The number of rotatable bonds is 2. The van der Waals surface area contributed by atoms with Gasteiger partial charge >= 0.3 is 11.8 Å². The smallest absolute Gasteiger partial charge is 0.419 e. The summed E-state index contributed by atoms with van der Waals surface area (Å²) >= 11 is 0. The third-order valence-corrected chi connectivity index (χ3v) is 2.90. The lowest BCUT2D eigenvalue weighted by Crippen LogP contribution is -2.08. The van der Waals surface area contributed by atoms with E-state index in [4.69, 9.17) is 9.15 Å². The van der Waals surface area contributed by atoms with Crippen LogP contribution >= 0.6 is 0 Å². The predicted molar refractivity (Wildman–Crippen MR) is 69.0 cm³/mol. The number of aromatic nitrogens is 3. The van der Waals surface area contributed by atoms with Crippen molar-refractivity contribution in [3.8, 4) is 17.3 Å². The molecule has 6 heteroatoms. The summed E-state index contributed by atoms with van der Waals surface area (Å²) in [6.07, 6.45) is 1.62. The fourth-order valence-electron chi connectivity index (χ4n) is 1.89. The van der Waals surface area contributed by atoms with Crippen LogP contribution in [0.2, 0.25) is 0 Å². The Morgan fingerprint density at radius 1 is 1.32 bits per heavy atom. The third kappa shape index (κ3) is 1.87. The monoisotopic (exact) mass is 257 g/mol. The molecule has 3 rings (SSSR count). The molecule has 6 nitrogen and oxygen atoms in total. The van der Waals surface area contributed by atoms with Crippen LogP contribution in [0.5, 0.6) is 6.01 Å². The molecule has 0 saturated carbocycles. The van der Waals surface area contributed by atoms with Gasteiger partial charge in [-0.2, -0.15) is 4.98 Å². The van der Waals surface area contributed by atoms with Crippen molar-refractivity contribution in [3.63, 3.8) is 0 Å². The van der Waals surface area contributed by atoms with Gasteiger partial charge in [0, 0.05) is 18.8 Å². The molecule has 0 aliphatic carbocycles. The van der Waals surface area contributed by atoms with Crippen LogP contribution < -0.4 is 10.5 Å². The Bertz CT molecular complexity index is 804. The number of aryl methyl sites for hydroxylation is 1. The van der Waals surface area contributed by atoms with Crippen molar-refractivity contribution in [1.29, 1.82) is 0 Å². The van der Waals surface area contributed by atoms with Crippen molar-refractivity contribution in [2.45, 2.75) is 0 Å². The molecule has 0 radical (unpaired) electrons. The Hall–Kier alpha value is -2.63. The summed E-state index contributed by atoms with van der Waals surface area (Å²) in [5, 5.41) is 0. The van der Waals surface area contributed by atoms with E-state index in [9.17, 15) is 4.79 Å². The number of ether oxygens (including phenoxy) is 1. The molecule has 0 atom stereocenters. The molecule has 0 saturated heterocycles. The van der Waals surface area contributed by atoms with Crippen molar-refractivity contribution < 1.29 is 9.15 Å². The van der Waals surface area contributed by atoms with E-state index in [1.54, 1.807) is 25.4 Å². The van der Waals surface area contributed by atoms with Crippen LogP contribution in [-0.2, 0) is 7.05 Å². The highest BCUT2D eigenvalue weighted by Crippen LogP contribution is 2.23. The van der Waals surface area contributed by atoms with Gasteiger partial charge in [-0.3, -0.25) is 4.57 Å². The van der Waals surface area contributed by atoms with Crippen LogP contribution in [0.3, 0.4) is 0 Å². The minimum Gasteiger partial charge on any atom is -0.467 e. The molecular weight excluding hydrogens is 246 g/mol. The molecule has 0 fully saturated rings. The summed E-state index contributed by atoms with van der Waals surface area (Å²) in [5.74, 6) is -0.382. The van der Waals surface area contributed by atoms with Crippen molar-refractivity contribution in [2.75, 3.05) is 7.11 Å². The van der Waals surface area contributed by atoms with Gasteiger partial charge in [0.25, 0.3) is 0 Å². The Kier molecular flexibility index (Phi) is 2.56. The Balaban J connectivity index is 2.17. The van der Waals surface area contributed by atoms with Crippen LogP contribution in [0.15, 0.2) is 39.7 Å². The van der Waals surface area contributed by atoms with Crippen LogP contribution in [0.25, 0.3) is 22.4 Å². The van der Waals surface area contributed by atoms with Crippen molar-refractivity contribution >= 4 is 11.1 Å². The molecule has 0 amide bonds. The zero-order chi connectivity index (χ0) is 13.4. The van der Waals surface area contributed by atoms with E-state index in [0.29, 0.717) is 17.3 Å². The van der Waals surface area contributed by atoms with Gasteiger partial charge in [0.1, 0.15) is 0 Å². The lowest BCUT2D eigenvalue weighted by molar-refractivity contribution is 0.380. The Morgan fingerprint density at radius 2 is 2.16 bits per heavy atom. The van der Waals surface area contributed by atoms with Crippen molar-refractivity contribution in [2.24, 2.45) is 7.05 Å². The van der Waals surface area contributed by atoms with Gasteiger partial charge in [0.15, 0.2) is 5.58 Å². The van der Waals surface area contributed by atoms with Crippen LogP contribution in [-0.4, -0.2) is 21.6 Å². The molecule has 19 heavy (non-hydrogen) atoms. The van der Waals surface area contributed by atoms with E-state index >= 15 is 0 Å². The van der Waals surface area contributed by atoms with Gasteiger partial charge in [-0.1, -0.05) is 6.07 Å². The predicted octanol–water partition coefficient (Wildman–Crippen LogP) is 1.60. The normalized spacial score (nSPS) is 10.8. The molecule has 0 bridgehead atoms. The quantitative estimate of drug-likeness (QED) is 0.697. The Labute approximate surface area is 108 Å². The van der Waals surface area contributed by atoms with E-state index < -0.39 is 0 Å². The van der Waals surface area contributed by atoms with Gasteiger partial charge in [0.2, 0.25) is 0 Å². The zero-order valence-corrected chi connectivity index (χ0v) is 10.5. The fourth-order valence-corrected chi connectivity index (χ4v) is 1.89. The summed E-state index contributed by atoms with van der Waals surface area (Å²) in [5.41, 5.74) is 2.82. The molecule has 1 aromatic carbocycles. The number of hydrogen-bond acceptors (Lipinski definition) is 5. The first kappa shape index (κ1) is 11.5. The summed E-state index contributed by atoms with van der Waals surface area (Å²) < 4.78 is 11.6. The summed E-state index contributed by atoms with van der Waals surface area (Å²) in [7, 11) is 3.18. The molecule has 2 heterocycles. The second-order valence-corrected chi connectivity index (χ2v) is 4.04. The van der Waals surface area contributed by atoms with E-state index in [-0.39, 0.29) is 5.76 Å². The largest absolute Gasteiger partial charge is 0.467 e. The minimum atomic E-state index is -0.382. The van der Waals surface area contributed by atoms with Crippen molar-refractivity contribution in [3.05, 3.63) is 41.0 Å². The van der Waals surface area contributed by atoms with Crippen molar-refractivity contribution in [1.82, 2.24) is 14.5 Å². The van der Waals surface area contributed by atoms with Gasteiger partial charge < -0.3 is 9.15 Å². The highest BCUT2D eigenvalue weighted by Gasteiger charge is 2.08. The zero-order valence-electron chi connectivity index (χ0n) is 10.5. The van der Waals surface area contributed by atoms with E-state index in [1.165, 1.54) is 11.7 Å². The molecule has 96 valence electrons. The average molecular weight is 257 g/mol. The molecule has 0 aliphatic heterocycles. The van der Waals surface area contributed by atoms with Gasteiger partial charge in [-0.25, -0.2) is 9.78 Å². The van der Waals surface area contributed by atoms with Crippen LogP contribution in [0.4, 0.5) is 0 Å². The SMILES string of the molecule is COc1nccc(-c2ccc3c(c2)oc(=O)n3C)n1. The first-order valence-corrected chi connectivity index (χ1v) is 5.66. The molecule has 0 spiro atoms. The number of nitrogens with zero attached hydrogens (tertiary/aromatic N) is 3. The van der Waals surface area contributed by atoms with Crippen LogP contribution in [0, 0.1) is 0 Å². The first-order chi connectivity index (χ1) is 9.19. The lowest BCUT2D eigenvalue weighted by atomic mass is 10.1. The molecule has 0 unspecified atom stereocenters. The number of methoxy groups -OCH3 is 1. The average Bonchev–Trinajstić information content (AvgIpc) is 2.73. The molecular formula is C13H11N3O3. The van der Waals surface area contributed by atoms with Gasteiger partial charge in [0.05, 0.1) is 18.3 Å². The van der Waals surface area contributed by atoms with E-state index in [0.717, 1.165) is 11.1 Å². The van der Waals surface area contributed by atoms with Gasteiger partial charge in [-0.15, -0.1) is 0 Å². The Morgan fingerprint density at radius 3 is 2.95 bits per heavy atom. The highest BCUT2D eigenvalue weighted by molar-refractivity contribution is 5.79. The summed E-state index contributed by atoms with van der Waals surface area (Å²) in [4.78, 5) is 19.6. The number of oxazole rings is 1. The minimum absolute atomic E-state index is 0.298. The van der Waals surface area contributed by atoms with E-state index in [1.807, 2.05) is 12.1 Å². The maximum absolute atomic E-state index is 11.4. The molecule has 3 aromatic rings. The number of fused-ring (bicyclic) bond motifs is 1. The second kappa shape index (κ2) is 4.24. The second-order valence-electron chi connectivity index (χ2n) is 4.04. The fraction of sp³-hybridized carbons (Fsp3) is 0.154. The number of hydrogen-bond donors (Lipinski definition) is 0. The summed E-state index contributed by atoms with van der Waals surface area (Å²) in [6.45, 7) is 0. The summed E-state index contributed by atoms with van der Waals surface area (Å²) in [6, 6.07) is 7.54. The first-order valence-electron chi connectivity index (χ1n) is 5.66. The number of benzene rings is 1. The molecule has 0 aliphatic rings. The van der Waals surface area contributed by atoms with E-state index in [2.05, 4.69) is 9.97 Å². The highest BCUT2D eigenvalue weighted by atomic mass is 16.5. The third-order valence-electron chi connectivity index (χ3n) is 2.90. The maximum atomic E-state index is 11.4. The van der Waals surface area contributed by atoms with Crippen LogP contribution in [0.1, 0.15) is 0 Å². The topological polar surface area (TPSA) is 70.2 Å². The molecule has 2 aromatic heterocycles. The maximum Gasteiger partial charge on any atom is 0.419 e. The van der Waals surface area contributed by atoms with Gasteiger partial charge in [-0.05, 0) is 18.2 Å². The lowest BCUT2D eigenvalue weighted by Gasteiger charge is -2.02.